The van der Waals surface area contributed by atoms with Crippen molar-refractivity contribution in [1.82, 2.24) is 4.73 Å². The highest BCUT2D eigenvalue weighted by Crippen LogP contribution is 2.34. The Bertz CT molecular complexity index is 398. The van der Waals surface area contributed by atoms with E-state index in [0.717, 1.165) is 6.20 Å². The topological polar surface area (TPSA) is 87.7 Å². The zero-order valence-corrected chi connectivity index (χ0v) is 6.65. The number of nitrogens with one attached hydrogen (secondary N) is 1. The summed E-state index contributed by atoms with van der Waals surface area (Å²) in [5, 5.41) is 25.7. The van der Waals surface area contributed by atoms with Crippen LogP contribution in [0.5, 0.6) is 17.2 Å². The molecule has 0 atom stereocenters. The summed E-state index contributed by atoms with van der Waals surface area (Å²) < 4.78 is 10.6. The van der Waals surface area contributed by atoms with Gasteiger partial charge in [-0.05, 0) is 0 Å². The highest BCUT2D eigenvalue weighted by atomic mass is 16.6. The first-order valence-electron chi connectivity index (χ1n) is 3.68. The molecule has 13 heavy (non-hydrogen) atoms. The third kappa shape index (κ3) is 1.07. The predicted octanol–water partition coefficient (Wildman–Crippen LogP) is -0.318. The molecular formula is C7H8N2O4. The average molecular weight is 184 g/mol. The van der Waals surface area contributed by atoms with Gasteiger partial charge in [0.05, 0.1) is 6.20 Å². The molecule has 0 unspecified atom stereocenters. The second kappa shape index (κ2) is 2.58. The summed E-state index contributed by atoms with van der Waals surface area (Å²) in [6.07, 6.45) is 0.982. The molecule has 2 heterocycles. The SMILES string of the molecule is N=c1c2c(c(O)cn1O)OCCO2. The van der Waals surface area contributed by atoms with E-state index in [1.165, 1.54) is 0 Å². The van der Waals surface area contributed by atoms with Crippen molar-refractivity contribution in [3.05, 3.63) is 11.7 Å². The minimum absolute atomic E-state index is 0.0637. The van der Waals surface area contributed by atoms with Crippen LogP contribution in [0.2, 0.25) is 0 Å². The minimum Gasteiger partial charge on any atom is -0.503 e. The molecule has 1 aromatic heterocycles. The normalized spacial score (nSPS) is 14.2. The largest absolute Gasteiger partial charge is 0.503 e. The molecule has 0 fully saturated rings. The van der Waals surface area contributed by atoms with Gasteiger partial charge in [-0.1, -0.05) is 0 Å². The number of pyridine rings is 1. The zero-order chi connectivity index (χ0) is 9.42. The molecule has 1 aliphatic heterocycles. The molecule has 1 aromatic rings. The van der Waals surface area contributed by atoms with Crippen molar-refractivity contribution in [2.45, 2.75) is 0 Å². The summed E-state index contributed by atoms with van der Waals surface area (Å²) in [5.74, 6) is -0.0662. The molecule has 0 saturated heterocycles. The van der Waals surface area contributed by atoms with Crippen LogP contribution < -0.4 is 15.0 Å². The number of aromatic nitrogens is 1. The minimum atomic E-state index is -0.243. The molecule has 1 aliphatic rings. The lowest BCUT2D eigenvalue weighted by atomic mass is 10.3. The van der Waals surface area contributed by atoms with Gasteiger partial charge in [0.15, 0.2) is 5.75 Å². The third-order valence-corrected chi connectivity index (χ3v) is 1.70. The second-order valence-electron chi connectivity index (χ2n) is 2.56. The number of aromatic hydroxyl groups is 1. The van der Waals surface area contributed by atoms with E-state index in [-0.39, 0.29) is 22.7 Å². The third-order valence-electron chi connectivity index (χ3n) is 1.70. The van der Waals surface area contributed by atoms with Crippen LogP contribution in [0.3, 0.4) is 0 Å². The first-order valence-corrected chi connectivity index (χ1v) is 3.68. The summed E-state index contributed by atoms with van der Waals surface area (Å²) in [5.41, 5.74) is -0.243. The molecule has 0 saturated carbocycles. The molecule has 2 rings (SSSR count). The van der Waals surface area contributed by atoms with Crippen LogP contribution in [0.15, 0.2) is 6.20 Å². The van der Waals surface area contributed by atoms with Gasteiger partial charge in [-0.2, -0.15) is 4.73 Å². The van der Waals surface area contributed by atoms with E-state index in [0.29, 0.717) is 17.9 Å². The Morgan fingerprint density at radius 2 is 1.92 bits per heavy atom. The van der Waals surface area contributed by atoms with Gasteiger partial charge in [0.1, 0.15) is 13.2 Å². The number of fused-ring (bicyclic) bond motifs is 1. The van der Waals surface area contributed by atoms with Gasteiger partial charge < -0.3 is 19.8 Å². The molecule has 0 aromatic carbocycles. The van der Waals surface area contributed by atoms with E-state index < -0.39 is 0 Å². The lowest BCUT2D eigenvalue weighted by Crippen LogP contribution is -2.26. The fourth-order valence-corrected chi connectivity index (χ4v) is 1.13. The molecule has 0 radical (unpaired) electrons. The second-order valence-corrected chi connectivity index (χ2v) is 2.56. The number of hydrogen-bond donors (Lipinski definition) is 3. The van der Waals surface area contributed by atoms with Crippen LogP contribution in [0.1, 0.15) is 0 Å². The maximum atomic E-state index is 9.29. The fraction of sp³-hybridized carbons (Fsp3) is 0.286. The van der Waals surface area contributed by atoms with Gasteiger partial charge in [-0.25, -0.2) is 0 Å². The van der Waals surface area contributed by atoms with E-state index in [4.69, 9.17) is 20.1 Å². The molecule has 0 bridgehead atoms. The Labute approximate surface area is 73.0 Å². The summed E-state index contributed by atoms with van der Waals surface area (Å²) in [6, 6.07) is 0. The van der Waals surface area contributed by atoms with E-state index in [2.05, 4.69) is 0 Å². The van der Waals surface area contributed by atoms with Crippen LogP contribution in [-0.2, 0) is 0 Å². The maximum Gasteiger partial charge on any atom is 0.211 e. The molecule has 0 spiro atoms. The molecule has 0 aliphatic carbocycles. The molecule has 70 valence electrons. The lowest BCUT2D eigenvalue weighted by molar-refractivity contribution is 0.129. The monoisotopic (exact) mass is 184 g/mol. The number of hydrogen-bond acceptors (Lipinski definition) is 5. The average Bonchev–Trinajstić information content (AvgIpc) is 2.15. The lowest BCUT2D eigenvalue weighted by Gasteiger charge is -2.19. The van der Waals surface area contributed by atoms with Crippen LogP contribution in [0, 0.1) is 5.41 Å². The van der Waals surface area contributed by atoms with Crippen molar-refractivity contribution < 1.29 is 19.8 Å². The standard InChI is InChI=1S/C7H8N2O4/c8-7-6-5(12-1-2-13-6)4(10)3-9(7)11/h3,8,10-11H,1-2H2. The van der Waals surface area contributed by atoms with Gasteiger partial charge in [-0.15, -0.1) is 0 Å². The number of ether oxygens (including phenoxy) is 2. The van der Waals surface area contributed by atoms with Crippen LogP contribution in [0.25, 0.3) is 0 Å². The molecule has 6 heteroatoms. The van der Waals surface area contributed by atoms with Crippen molar-refractivity contribution in [1.29, 1.82) is 5.41 Å². The van der Waals surface area contributed by atoms with Crippen LogP contribution in [0.4, 0.5) is 0 Å². The van der Waals surface area contributed by atoms with Crippen molar-refractivity contribution in [3.8, 4) is 17.2 Å². The van der Waals surface area contributed by atoms with Crippen molar-refractivity contribution >= 4 is 0 Å². The van der Waals surface area contributed by atoms with Crippen molar-refractivity contribution in [2.24, 2.45) is 0 Å². The Kier molecular flexibility index (Phi) is 1.54. The van der Waals surface area contributed by atoms with E-state index >= 15 is 0 Å². The molecule has 3 N–H and O–H groups in total. The quantitative estimate of drug-likeness (QED) is 0.482. The maximum absolute atomic E-state index is 9.29. The van der Waals surface area contributed by atoms with E-state index in [1.54, 1.807) is 0 Å². The van der Waals surface area contributed by atoms with Crippen LogP contribution in [-0.4, -0.2) is 28.3 Å². The van der Waals surface area contributed by atoms with Crippen molar-refractivity contribution in [2.75, 3.05) is 13.2 Å². The van der Waals surface area contributed by atoms with Crippen LogP contribution >= 0.6 is 0 Å². The fourth-order valence-electron chi connectivity index (χ4n) is 1.13. The Morgan fingerprint density at radius 1 is 1.31 bits per heavy atom. The molecule has 0 amide bonds. The summed E-state index contributed by atoms with van der Waals surface area (Å²) >= 11 is 0. The molecular weight excluding hydrogens is 176 g/mol. The highest BCUT2D eigenvalue weighted by Gasteiger charge is 2.19. The van der Waals surface area contributed by atoms with E-state index in [1.807, 2.05) is 0 Å². The zero-order valence-electron chi connectivity index (χ0n) is 6.65. The van der Waals surface area contributed by atoms with Gasteiger partial charge in [0.2, 0.25) is 17.0 Å². The Morgan fingerprint density at radius 3 is 2.62 bits per heavy atom. The first kappa shape index (κ1) is 7.78. The van der Waals surface area contributed by atoms with Crippen molar-refractivity contribution in [3.63, 3.8) is 0 Å². The van der Waals surface area contributed by atoms with Gasteiger partial charge in [0.25, 0.3) is 0 Å². The van der Waals surface area contributed by atoms with E-state index in [9.17, 15) is 5.11 Å². The summed E-state index contributed by atoms with van der Waals surface area (Å²) in [4.78, 5) is 0. The smallest absolute Gasteiger partial charge is 0.211 e. The van der Waals surface area contributed by atoms with Gasteiger partial charge in [0, 0.05) is 0 Å². The summed E-state index contributed by atoms with van der Waals surface area (Å²) in [7, 11) is 0. The van der Waals surface area contributed by atoms with Gasteiger partial charge >= 0.3 is 0 Å². The summed E-state index contributed by atoms with van der Waals surface area (Å²) in [6.45, 7) is 0.637. The number of nitrogens with zero attached hydrogens (tertiary/aromatic N) is 1. The first-order chi connectivity index (χ1) is 6.20. The highest BCUT2D eigenvalue weighted by molar-refractivity contribution is 5.48. The molecule has 6 nitrogen and oxygen atoms in total. The predicted molar refractivity (Wildman–Crippen MR) is 40.1 cm³/mol. The van der Waals surface area contributed by atoms with Gasteiger partial charge in [-0.3, -0.25) is 5.41 Å². The Hall–Kier alpha value is -1.85. The number of rotatable bonds is 0. The Balaban J connectivity index is 2.70.